The monoisotopic (exact) mass is 383 g/mol. The molecule has 0 aliphatic carbocycles. The lowest BCUT2D eigenvalue weighted by molar-refractivity contribution is -0.144. The molecule has 6 nitrogen and oxygen atoms in total. The van der Waals surface area contributed by atoms with Gasteiger partial charge in [-0.2, -0.15) is 0 Å². The van der Waals surface area contributed by atoms with Crippen molar-refractivity contribution >= 4 is 11.6 Å². The SMILES string of the molecule is O=C1CN(c2c(O)cc(-c3ccc(-c4ccc(F)cc4)cc3)cc2F)N(O)N1. The van der Waals surface area contributed by atoms with E-state index in [1.165, 1.54) is 24.3 Å². The first-order chi connectivity index (χ1) is 13.4. The largest absolute Gasteiger partial charge is 0.506 e. The predicted octanol–water partition coefficient (Wildman–Crippen LogP) is 3.46. The number of halogens is 2. The van der Waals surface area contributed by atoms with Gasteiger partial charge in [-0.3, -0.25) is 10.0 Å². The molecule has 0 saturated carbocycles. The minimum Gasteiger partial charge on any atom is -0.506 e. The Labute approximate surface area is 158 Å². The van der Waals surface area contributed by atoms with Crippen molar-refractivity contribution in [1.82, 2.24) is 10.7 Å². The molecular weight excluding hydrogens is 368 g/mol. The molecule has 3 aromatic carbocycles. The molecule has 0 unspecified atom stereocenters. The van der Waals surface area contributed by atoms with Gasteiger partial charge in [0.1, 0.15) is 23.8 Å². The van der Waals surface area contributed by atoms with E-state index in [0.717, 1.165) is 16.1 Å². The molecule has 1 fully saturated rings. The number of nitrogens with zero attached hydrogens (tertiary/aromatic N) is 2. The maximum atomic E-state index is 14.6. The lowest BCUT2D eigenvalue weighted by Gasteiger charge is -2.23. The van der Waals surface area contributed by atoms with Crippen molar-refractivity contribution in [3.63, 3.8) is 0 Å². The van der Waals surface area contributed by atoms with Gasteiger partial charge < -0.3 is 5.11 Å². The fourth-order valence-electron chi connectivity index (χ4n) is 3.09. The summed E-state index contributed by atoms with van der Waals surface area (Å²) >= 11 is 0. The summed E-state index contributed by atoms with van der Waals surface area (Å²) in [4.78, 5) is 11.3. The van der Waals surface area contributed by atoms with Crippen LogP contribution in [-0.4, -0.2) is 28.0 Å². The lowest BCUT2D eigenvalue weighted by atomic mass is 9.99. The second-order valence-electron chi connectivity index (χ2n) is 6.29. The fourth-order valence-corrected chi connectivity index (χ4v) is 3.09. The molecule has 1 aliphatic heterocycles. The first kappa shape index (κ1) is 17.9. The number of hydrazine groups is 2. The molecule has 0 radical (unpaired) electrons. The van der Waals surface area contributed by atoms with E-state index < -0.39 is 17.5 Å². The summed E-state index contributed by atoms with van der Waals surface area (Å²) in [5.41, 5.74) is 4.54. The van der Waals surface area contributed by atoms with Crippen LogP contribution >= 0.6 is 0 Å². The fraction of sp³-hybridized carbons (Fsp3) is 0.0500. The van der Waals surface area contributed by atoms with E-state index in [2.05, 4.69) is 5.43 Å². The quantitative estimate of drug-likeness (QED) is 0.646. The maximum absolute atomic E-state index is 14.6. The Morgan fingerprint density at radius 3 is 1.89 bits per heavy atom. The van der Waals surface area contributed by atoms with Crippen LogP contribution in [0.1, 0.15) is 0 Å². The van der Waals surface area contributed by atoms with Gasteiger partial charge in [-0.05, 0) is 51.8 Å². The number of nitrogens with one attached hydrogen (secondary N) is 1. The van der Waals surface area contributed by atoms with Crippen molar-refractivity contribution < 1.29 is 23.9 Å². The summed E-state index contributed by atoms with van der Waals surface area (Å²) < 4.78 is 27.7. The molecule has 4 rings (SSSR count). The first-order valence-corrected chi connectivity index (χ1v) is 8.37. The number of carbonyl (C=O) groups excluding carboxylic acids is 1. The Bertz CT molecular complexity index is 1020. The number of hydrogen-bond donors (Lipinski definition) is 3. The molecule has 1 amide bonds. The molecule has 0 aromatic heterocycles. The smallest absolute Gasteiger partial charge is 0.258 e. The number of amides is 1. The number of anilines is 1. The zero-order valence-electron chi connectivity index (χ0n) is 14.4. The number of phenols is 1. The molecule has 0 spiro atoms. The summed E-state index contributed by atoms with van der Waals surface area (Å²) in [5, 5.41) is 21.1. The highest BCUT2D eigenvalue weighted by Gasteiger charge is 2.31. The number of carbonyl (C=O) groups is 1. The standard InChI is InChI=1S/C20H15F2N3O3/c21-16-7-5-13(6-8-16)12-1-3-14(4-2-12)15-9-17(22)20(18(26)10-15)24-11-19(27)23-25(24)28/h1-10,26,28H,11H2,(H,23,27). The Morgan fingerprint density at radius 2 is 1.39 bits per heavy atom. The van der Waals surface area contributed by atoms with Crippen LogP contribution in [0.5, 0.6) is 5.75 Å². The third-order valence-corrected chi connectivity index (χ3v) is 4.44. The van der Waals surface area contributed by atoms with Crippen LogP contribution in [0, 0.1) is 11.6 Å². The number of rotatable bonds is 3. The van der Waals surface area contributed by atoms with Gasteiger partial charge in [0, 0.05) is 0 Å². The number of hydrogen-bond acceptors (Lipinski definition) is 5. The minimum absolute atomic E-state index is 0.312. The van der Waals surface area contributed by atoms with Crippen molar-refractivity contribution in [2.24, 2.45) is 0 Å². The van der Waals surface area contributed by atoms with E-state index in [0.29, 0.717) is 16.4 Å². The van der Waals surface area contributed by atoms with Crippen molar-refractivity contribution in [1.29, 1.82) is 0 Å². The van der Waals surface area contributed by atoms with Gasteiger partial charge >= 0.3 is 0 Å². The Balaban J connectivity index is 1.64. The third-order valence-electron chi connectivity index (χ3n) is 4.44. The topological polar surface area (TPSA) is 76.0 Å². The Hall–Kier alpha value is -3.49. The Kier molecular flexibility index (Phi) is 4.42. The van der Waals surface area contributed by atoms with Crippen LogP contribution in [-0.2, 0) is 4.79 Å². The van der Waals surface area contributed by atoms with E-state index in [1.54, 1.807) is 24.3 Å². The predicted molar refractivity (Wildman–Crippen MR) is 98.0 cm³/mol. The average Bonchev–Trinajstić information content (AvgIpc) is 3.00. The van der Waals surface area contributed by atoms with Gasteiger partial charge in [0.2, 0.25) is 0 Å². The van der Waals surface area contributed by atoms with Crippen LogP contribution in [0.3, 0.4) is 0 Å². The van der Waals surface area contributed by atoms with Crippen molar-refractivity contribution in [2.45, 2.75) is 0 Å². The van der Waals surface area contributed by atoms with Crippen LogP contribution < -0.4 is 10.4 Å². The van der Waals surface area contributed by atoms with Crippen LogP contribution in [0.25, 0.3) is 22.3 Å². The molecular formula is C20H15F2N3O3. The van der Waals surface area contributed by atoms with E-state index >= 15 is 0 Å². The normalized spacial score (nSPS) is 14.4. The number of phenolic OH excluding ortho intramolecular Hbond substituents is 1. The first-order valence-electron chi connectivity index (χ1n) is 8.37. The van der Waals surface area contributed by atoms with Gasteiger partial charge in [-0.15, -0.1) is 0 Å². The minimum atomic E-state index is -0.798. The summed E-state index contributed by atoms with van der Waals surface area (Å²) in [6.07, 6.45) is 0. The average molecular weight is 383 g/mol. The zero-order valence-corrected chi connectivity index (χ0v) is 14.4. The summed E-state index contributed by atoms with van der Waals surface area (Å²) in [6, 6.07) is 15.8. The van der Waals surface area contributed by atoms with E-state index in [1.807, 2.05) is 12.1 Å². The van der Waals surface area contributed by atoms with Crippen molar-refractivity contribution in [3.05, 3.63) is 72.3 Å². The van der Waals surface area contributed by atoms with Gasteiger partial charge in [0.05, 0.1) is 0 Å². The lowest BCUT2D eigenvalue weighted by Crippen LogP contribution is -2.39. The summed E-state index contributed by atoms with van der Waals surface area (Å²) in [6.45, 7) is -0.327. The summed E-state index contributed by atoms with van der Waals surface area (Å²) in [7, 11) is 0. The van der Waals surface area contributed by atoms with Crippen molar-refractivity contribution in [2.75, 3.05) is 11.6 Å². The van der Waals surface area contributed by atoms with Crippen LogP contribution in [0.15, 0.2) is 60.7 Å². The highest BCUT2D eigenvalue weighted by molar-refractivity contribution is 5.84. The van der Waals surface area contributed by atoms with Gasteiger partial charge in [-0.1, -0.05) is 36.4 Å². The van der Waals surface area contributed by atoms with Gasteiger partial charge in [-0.25, -0.2) is 19.2 Å². The van der Waals surface area contributed by atoms with Crippen LogP contribution in [0.4, 0.5) is 14.5 Å². The number of aromatic hydroxyl groups is 1. The molecule has 3 N–H and O–H groups in total. The molecule has 28 heavy (non-hydrogen) atoms. The number of benzene rings is 3. The molecule has 0 atom stereocenters. The van der Waals surface area contributed by atoms with Crippen molar-refractivity contribution in [3.8, 4) is 28.0 Å². The van der Waals surface area contributed by atoms with E-state index in [4.69, 9.17) is 0 Å². The molecule has 1 saturated heterocycles. The molecule has 142 valence electrons. The molecule has 8 heteroatoms. The van der Waals surface area contributed by atoms with Gasteiger partial charge in [0.15, 0.2) is 5.82 Å². The third kappa shape index (κ3) is 3.26. The molecule has 0 bridgehead atoms. The highest BCUT2D eigenvalue weighted by Crippen LogP contribution is 2.36. The second-order valence-corrected chi connectivity index (χ2v) is 6.29. The molecule has 1 heterocycles. The zero-order chi connectivity index (χ0) is 19.8. The Morgan fingerprint density at radius 1 is 0.857 bits per heavy atom. The maximum Gasteiger partial charge on any atom is 0.258 e. The molecule has 3 aromatic rings. The summed E-state index contributed by atoms with van der Waals surface area (Å²) in [5.74, 6) is -2.08. The van der Waals surface area contributed by atoms with Crippen LogP contribution in [0.2, 0.25) is 0 Å². The molecule has 1 aliphatic rings. The highest BCUT2D eigenvalue weighted by atomic mass is 19.1. The van der Waals surface area contributed by atoms with E-state index in [9.17, 15) is 23.9 Å². The van der Waals surface area contributed by atoms with Gasteiger partial charge in [0.25, 0.3) is 5.91 Å². The second kappa shape index (κ2) is 6.91. The van der Waals surface area contributed by atoms with E-state index in [-0.39, 0.29) is 18.0 Å².